The molecule has 0 radical (unpaired) electrons. The largest absolute Gasteiger partial charge is 0.467 e. The van der Waals surface area contributed by atoms with Crippen molar-refractivity contribution in [3.63, 3.8) is 0 Å². The van der Waals surface area contributed by atoms with Crippen molar-refractivity contribution in [3.8, 4) is 0 Å². The number of benzene rings is 1. The molecule has 156 valence electrons. The third kappa shape index (κ3) is 7.98. The number of nitrogens with zero attached hydrogens (tertiary/aromatic N) is 2. The van der Waals surface area contributed by atoms with E-state index in [0.29, 0.717) is 26.1 Å². The Morgan fingerprint density at radius 3 is 2.41 bits per heavy atom. The van der Waals surface area contributed by atoms with Crippen LogP contribution in [0.5, 0.6) is 0 Å². The molecule has 2 amide bonds. The lowest BCUT2D eigenvalue weighted by molar-refractivity contribution is -0.141. The van der Waals surface area contributed by atoms with E-state index in [1.165, 1.54) is 0 Å². The normalized spacial score (nSPS) is 10.5. The average Bonchev–Trinajstić information content (AvgIpc) is 3.24. The number of hydrogen-bond acceptors (Lipinski definition) is 3. The first-order chi connectivity index (χ1) is 14.1. The van der Waals surface area contributed by atoms with E-state index in [9.17, 15) is 9.59 Å². The molecule has 1 heterocycles. The molecule has 0 saturated heterocycles. The first-order valence-corrected chi connectivity index (χ1v) is 10.4. The highest BCUT2D eigenvalue weighted by Gasteiger charge is 2.21. The molecule has 0 spiro atoms. The van der Waals surface area contributed by atoms with Crippen molar-refractivity contribution >= 4 is 11.8 Å². The van der Waals surface area contributed by atoms with Crippen molar-refractivity contribution in [3.05, 3.63) is 72.7 Å². The highest BCUT2D eigenvalue weighted by molar-refractivity contribution is 5.85. The van der Waals surface area contributed by atoms with Gasteiger partial charge in [-0.05, 0) is 24.1 Å². The number of carbonyl (C=O) groups is 2. The molecule has 0 saturated carbocycles. The number of furan rings is 1. The fourth-order valence-corrected chi connectivity index (χ4v) is 3.16. The molecule has 1 aromatic carbocycles. The molecule has 5 nitrogen and oxygen atoms in total. The van der Waals surface area contributed by atoms with Crippen LogP contribution in [0.3, 0.4) is 0 Å². The van der Waals surface area contributed by atoms with Gasteiger partial charge in [-0.25, -0.2) is 0 Å². The van der Waals surface area contributed by atoms with E-state index in [1.807, 2.05) is 42.5 Å². The van der Waals surface area contributed by atoms with Gasteiger partial charge in [0.2, 0.25) is 11.8 Å². The summed E-state index contributed by atoms with van der Waals surface area (Å²) in [6, 6.07) is 13.5. The van der Waals surface area contributed by atoms with E-state index >= 15 is 0 Å². The first kappa shape index (κ1) is 22.5. The van der Waals surface area contributed by atoms with Crippen LogP contribution in [0.2, 0.25) is 0 Å². The van der Waals surface area contributed by atoms with Gasteiger partial charge in [-0.1, -0.05) is 62.6 Å². The lowest BCUT2D eigenvalue weighted by Gasteiger charge is -2.27. The third-order valence-electron chi connectivity index (χ3n) is 4.77. The average molecular weight is 397 g/mol. The molecule has 0 aliphatic rings. The van der Waals surface area contributed by atoms with Gasteiger partial charge in [0.1, 0.15) is 12.3 Å². The molecule has 0 fully saturated rings. The zero-order chi connectivity index (χ0) is 20.9. The summed E-state index contributed by atoms with van der Waals surface area (Å²) in [4.78, 5) is 29.0. The van der Waals surface area contributed by atoms with E-state index < -0.39 is 0 Å². The summed E-state index contributed by atoms with van der Waals surface area (Å²) in [6.45, 7) is 7.14. The molecular weight excluding hydrogens is 364 g/mol. The van der Waals surface area contributed by atoms with Gasteiger partial charge in [-0.15, -0.1) is 6.58 Å². The Bertz CT molecular complexity index is 741. The van der Waals surface area contributed by atoms with Gasteiger partial charge < -0.3 is 14.2 Å². The molecule has 2 rings (SSSR count). The third-order valence-corrected chi connectivity index (χ3v) is 4.77. The molecule has 1 aromatic heterocycles. The van der Waals surface area contributed by atoms with E-state index in [0.717, 1.165) is 37.0 Å². The Morgan fingerprint density at radius 2 is 1.76 bits per heavy atom. The Labute approximate surface area is 174 Å². The quantitative estimate of drug-likeness (QED) is 0.361. The van der Waals surface area contributed by atoms with Gasteiger partial charge >= 0.3 is 0 Å². The van der Waals surface area contributed by atoms with Crippen LogP contribution in [0.15, 0.2) is 65.8 Å². The summed E-state index contributed by atoms with van der Waals surface area (Å²) in [5.74, 6) is 0.622. The van der Waals surface area contributed by atoms with Crippen molar-refractivity contribution in [1.82, 2.24) is 9.80 Å². The van der Waals surface area contributed by atoms with Gasteiger partial charge in [-0.2, -0.15) is 0 Å². The molecule has 2 aromatic rings. The minimum atomic E-state index is -0.103. The number of carbonyl (C=O) groups excluding carboxylic acids is 2. The Kier molecular flexibility index (Phi) is 9.76. The van der Waals surface area contributed by atoms with Crippen LogP contribution >= 0.6 is 0 Å². The van der Waals surface area contributed by atoms with Gasteiger partial charge in [-0.3, -0.25) is 9.59 Å². The predicted molar refractivity (Wildman–Crippen MR) is 115 cm³/mol. The van der Waals surface area contributed by atoms with Crippen LogP contribution in [0.4, 0.5) is 0 Å². The zero-order valence-electron chi connectivity index (χ0n) is 17.4. The number of unbranched alkanes of at least 4 members (excludes halogenated alkanes) is 3. The van der Waals surface area contributed by atoms with Crippen LogP contribution in [-0.4, -0.2) is 34.7 Å². The molecular formula is C24H32N2O3. The summed E-state index contributed by atoms with van der Waals surface area (Å²) in [5, 5.41) is 0. The molecule has 0 N–H and O–H groups in total. The van der Waals surface area contributed by atoms with E-state index in [2.05, 4.69) is 13.5 Å². The van der Waals surface area contributed by atoms with Crippen LogP contribution in [0, 0.1) is 0 Å². The minimum absolute atomic E-state index is 0.00649. The lowest BCUT2D eigenvalue weighted by atomic mass is 10.1. The summed E-state index contributed by atoms with van der Waals surface area (Å²) in [7, 11) is 0. The second kappa shape index (κ2) is 12.6. The van der Waals surface area contributed by atoms with Crippen molar-refractivity contribution in [2.24, 2.45) is 0 Å². The maximum Gasteiger partial charge on any atom is 0.242 e. The van der Waals surface area contributed by atoms with Crippen LogP contribution < -0.4 is 0 Å². The van der Waals surface area contributed by atoms with Gasteiger partial charge in [0.05, 0.1) is 12.8 Å². The number of hydrogen-bond donors (Lipinski definition) is 0. The summed E-state index contributed by atoms with van der Waals surface area (Å²) in [5.41, 5.74) is 1.04. The molecule has 0 aliphatic heterocycles. The van der Waals surface area contributed by atoms with E-state index in [4.69, 9.17) is 4.42 Å². The number of rotatable bonds is 13. The van der Waals surface area contributed by atoms with Crippen molar-refractivity contribution in [2.45, 2.75) is 52.1 Å². The fourth-order valence-electron chi connectivity index (χ4n) is 3.16. The Balaban J connectivity index is 2.04. The summed E-state index contributed by atoms with van der Waals surface area (Å²) >= 11 is 0. The first-order valence-electron chi connectivity index (χ1n) is 10.4. The molecule has 0 unspecified atom stereocenters. The van der Waals surface area contributed by atoms with Crippen LogP contribution in [0.1, 0.15) is 50.4 Å². The molecule has 0 bridgehead atoms. The predicted octanol–water partition coefficient (Wildman–Crippen LogP) is 4.79. The molecule has 0 aliphatic carbocycles. The van der Waals surface area contributed by atoms with Gasteiger partial charge in [0, 0.05) is 19.5 Å². The monoisotopic (exact) mass is 396 g/mol. The fraction of sp³-hybridized carbons (Fsp3) is 0.417. The van der Waals surface area contributed by atoms with Crippen molar-refractivity contribution < 1.29 is 14.0 Å². The van der Waals surface area contributed by atoms with Crippen molar-refractivity contribution in [1.29, 1.82) is 0 Å². The minimum Gasteiger partial charge on any atom is -0.467 e. The smallest absolute Gasteiger partial charge is 0.242 e. The second-order valence-electron chi connectivity index (χ2n) is 7.19. The molecule has 5 heteroatoms. The summed E-state index contributed by atoms with van der Waals surface area (Å²) in [6.07, 6.45) is 7.89. The number of amides is 2. The topological polar surface area (TPSA) is 53.8 Å². The maximum atomic E-state index is 13.1. The molecule has 29 heavy (non-hydrogen) atoms. The van der Waals surface area contributed by atoms with Crippen molar-refractivity contribution in [2.75, 3.05) is 13.1 Å². The SMILES string of the molecule is C=CCN(CC(=O)N(Cc1ccccc1)Cc1ccco1)C(=O)CCCCCC. The Hall–Kier alpha value is -2.82. The highest BCUT2D eigenvalue weighted by atomic mass is 16.3. The maximum absolute atomic E-state index is 13.1. The second-order valence-corrected chi connectivity index (χ2v) is 7.19. The lowest BCUT2D eigenvalue weighted by Crippen LogP contribution is -2.42. The van der Waals surface area contributed by atoms with Crippen LogP contribution in [0.25, 0.3) is 0 Å². The van der Waals surface area contributed by atoms with E-state index in [-0.39, 0.29) is 18.4 Å². The van der Waals surface area contributed by atoms with E-state index in [1.54, 1.807) is 22.1 Å². The van der Waals surface area contributed by atoms with Crippen LogP contribution in [-0.2, 0) is 22.7 Å². The Morgan fingerprint density at radius 1 is 0.966 bits per heavy atom. The standard InChI is InChI=1S/C24H32N2O3/c1-3-5-6-10-15-23(27)25(16-4-2)20-24(28)26(19-22-14-11-17-29-22)18-21-12-8-7-9-13-21/h4,7-9,11-14,17H,2-3,5-6,10,15-16,18-20H2,1H3. The van der Waals surface area contributed by atoms with Gasteiger partial charge in [0.25, 0.3) is 0 Å². The molecule has 0 atom stereocenters. The highest BCUT2D eigenvalue weighted by Crippen LogP contribution is 2.12. The van der Waals surface area contributed by atoms with Gasteiger partial charge in [0.15, 0.2) is 0 Å². The summed E-state index contributed by atoms with van der Waals surface area (Å²) < 4.78 is 5.44. The zero-order valence-corrected chi connectivity index (χ0v) is 17.4.